The summed E-state index contributed by atoms with van der Waals surface area (Å²) in [5, 5.41) is 36.8. The Hall–Kier alpha value is -4.77. The van der Waals surface area contributed by atoms with Gasteiger partial charge in [-0.05, 0) is 67.5 Å². The van der Waals surface area contributed by atoms with Crippen molar-refractivity contribution in [3.8, 4) is 11.5 Å². The number of benzene rings is 2. The van der Waals surface area contributed by atoms with Crippen LogP contribution in [0.25, 0.3) is 5.65 Å². The minimum Gasteiger partial charge on any atom is -0.506 e. The number of fused-ring (bicyclic) bond motifs is 2. The molecule has 1 saturated heterocycles. The van der Waals surface area contributed by atoms with Crippen LogP contribution in [0, 0.1) is 10.8 Å². The molecule has 0 saturated carbocycles. The van der Waals surface area contributed by atoms with E-state index in [4.69, 9.17) is 21.7 Å². The number of pyridine rings is 1. The first-order valence-corrected chi connectivity index (χ1v) is 16.4. The van der Waals surface area contributed by atoms with E-state index in [0.29, 0.717) is 30.1 Å². The van der Waals surface area contributed by atoms with Crippen LogP contribution < -0.4 is 25.6 Å². The summed E-state index contributed by atoms with van der Waals surface area (Å²) in [7, 11) is 0. The Labute approximate surface area is 279 Å². The monoisotopic (exact) mass is 656 g/mol. The average molecular weight is 657 g/mol. The highest BCUT2D eigenvalue weighted by molar-refractivity contribution is 6.32. The van der Waals surface area contributed by atoms with Crippen molar-refractivity contribution >= 4 is 40.6 Å². The molecule has 6 rings (SSSR count). The summed E-state index contributed by atoms with van der Waals surface area (Å²) in [6.45, 7) is 7.72. The Morgan fingerprint density at radius 2 is 1.81 bits per heavy atom. The Balaban J connectivity index is 1.17. The molecular formula is C35H41ClN8O3. The summed E-state index contributed by atoms with van der Waals surface area (Å²) >= 11 is 5.98. The molecular weight excluding hydrogens is 616 g/mol. The van der Waals surface area contributed by atoms with Gasteiger partial charge < -0.3 is 30.8 Å². The van der Waals surface area contributed by atoms with E-state index in [1.165, 1.54) is 12.5 Å². The minimum absolute atomic E-state index is 0.0917. The topological polar surface area (TPSA) is 140 Å². The second kappa shape index (κ2) is 13.5. The Morgan fingerprint density at radius 3 is 2.55 bits per heavy atom. The van der Waals surface area contributed by atoms with Crippen LogP contribution in [0.1, 0.15) is 76.1 Å². The van der Waals surface area contributed by atoms with E-state index in [1.54, 1.807) is 18.2 Å². The number of ether oxygens (including phenoxy) is 1. The number of phenols is 1. The maximum Gasteiger partial charge on any atom is 0.320 e. The first kappa shape index (κ1) is 32.2. The number of carbonyl (C=O) groups excluding carboxylic acids is 1. The number of allylic oxidation sites excluding steroid dienone is 1. The fourth-order valence-corrected chi connectivity index (χ4v) is 6.07. The van der Waals surface area contributed by atoms with E-state index in [-0.39, 0.29) is 22.9 Å². The predicted octanol–water partition coefficient (Wildman–Crippen LogP) is 7.35. The van der Waals surface area contributed by atoms with Crippen LogP contribution in [-0.2, 0) is 0 Å². The van der Waals surface area contributed by atoms with E-state index in [1.807, 2.05) is 67.8 Å². The summed E-state index contributed by atoms with van der Waals surface area (Å²) < 4.78 is 8.59. The van der Waals surface area contributed by atoms with Crippen molar-refractivity contribution in [3.63, 3.8) is 0 Å². The van der Waals surface area contributed by atoms with Gasteiger partial charge in [0.15, 0.2) is 5.65 Å². The van der Waals surface area contributed by atoms with Crippen LogP contribution in [0.15, 0.2) is 72.7 Å². The molecule has 12 heteroatoms. The van der Waals surface area contributed by atoms with Crippen LogP contribution in [0.5, 0.6) is 11.5 Å². The van der Waals surface area contributed by atoms with Gasteiger partial charge in [0.1, 0.15) is 23.4 Å². The molecule has 4 aromatic rings. The molecule has 0 bridgehead atoms. The number of hydrogen-bond donors (Lipinski definition) is 5. The smallest absolute Gasteiger partial charge is 0.320 e. The third-order valence-electron chi connectivity index (χ3n) is 8.59. The van der Waals surface area contributed by atoms with Gasteiger partial charge in [0.25, 0.3) is 0 Å². The van der Waals surface area contributed by atoms with Crippen molar-refractivity contribution < 1.29 is 14.6 Å². The fourth-order valence-electron chi connectivity index (χ4n) is 5.95. The van der Waals surface area contributed by atoms with Gasteiger partial charge in [0.05, 0.1) is 17.3 Å². The number of carbonyl (C=O) groups is 1. The highest BCUT2D eigenvalue weighted by atomic mass is 35.5. The standard InChI is InChI=1S/C35H41ClN8O3/c1-35(2,3)30(37)20-31(38-22-11-13-26(36)28(45)19-22)40-33(46)39-27-14-15-29(25-10-6-5-9-24(25)27)47-23-12-16-32-41-42-34(44(32)21-23)43-17-7-4-8-18-43/h5-6,9-13,16,19-21,27,29,37-38,45H,4,7-8,14-15,17-18H2,1-3H3,(H2,39,40,46)/b31-20+,37-30?/t27-,29+/m0/s1. The number of aromatic hydroxyl groups is 1. The molecule has 2 aliphatic rings. The van der Waals surface area contributed by atoms with Crippen molar-refractivity contribution in [2.45, 2.75) is 65.0 Å². The van der Waals surface area contributed by atoms with E-state index in [2.05, 4.69) is 31.0 Å². The Morgan fingerprint density at radius 1 is 1.04 bits per heavy atom. The molecule has 1 aliphatic heterocycles. The highest BCUT2D eigenvalue weighted by Gasteiger charge is 2.30. The second-order valence-corrected chi connectivity index (χ2v) is 13.5. The van der Waals surface area contributed by atoms with Gasteiger partial charge >= 0.3 is 6.03 Å². The third-order valence-corrected chi connectivity index (χ3v) is 8.91. The van der Waals surface area contributed by atoms with Crippen LogP contribution in [0.4, 0.5) is 16.4 Å². The molecule has 2 aromatic carbocycles. The third kappa shape index (κ3) is 7.46. The van der Waals surface area contributed by atoms with Crippen LogP contribution in [0.3, 0.4) is 0 Å². The molecule has 5 N–H and O–H groups in total. The van der Waals surface area contributed by atoms with E-state index in [0.717, 1.165) is 54.4 Å². The second-order valence-electron chi connectivity index (χ2n) is 13.1. The molecule has 2 amide bonds. The molecule has 0 spiro atoms. The molecule has 0 radical (unpaired) electrons. The summed E-state index contributed by atoms with van der Waals surface area (Å²) in [5.74, 6) is 1.78. The number of phenolic OH excluding ortho intramolecular Hbond substituents is 1. The first-order valence-electron chi connectivity index (χ1n) is 16.0. The fraction of sp³-hybridized carbons (Fsp3) is 0.371. The van der Waals surface area contributed by atoms with Crippen molar-refractivity contribution in [2.24, 2.45) is 5.41 Å². The van der Waals surface area contributed by atoms with E-state index < -0.39 is 11.4 Å². The van der Waals surface area contributed by atoms with Gasteiger partial charge in [-0.2, -0.15) is 0 Å². The predicted molar refractivity (Wildman–Crippen MR) is 185 cm³/mol. The van der Waals surface area contributed by atoms with Gasteiger partial charge in [-0.25, -0.2) is 4.79 Å². The zero-order valence-corrected chi connectivity index (χ0v) is 27.6. The molecule has 0 unspecified atom stereocenters. The molecule has 47 heavy (non-hydrogen) atoms. The number of piperidine rings is 1. The molecule has 2 atom stereocenters. The number of halogens is 1. The molecule has 11 nitrogen and oxygen atoms in total. The number of rotatable bonds is 8. The zero-order chi connectivity index (χ0) is 33.1. The molecule has 246 valence electrons. The molecule has 1 aliphatic carbocycles. The number of urea groups is 1. The molecule has 3 heterocycles. The van der Waals surface area contributed by atoms with Crippen molar-refractivity contribution in [1.82, 2.24) is 25.2 Å². The zero-order valence-electron chi connectivity index (χ0n) is 26.9. The van der Waals surface area contributed by atoms with E-state index >= 15 is 0 Å². The van der Waals surface area contributed by atoms with Crippen LogP contribution in [0.2, 0.25) is 5.02 Å². The van der Waals surface area contributed by atoms with Gasteiger partial charge in [-0.3, -0.25) is 9.72 Å². The number of anilines is 2. The lowest BCUT2D eigenvalue weighted by molar-refractivity contribution is 0.171. The van der Waals surface area contributed by atoms with Crippen LogP contribution >= 0.6 is 11.6 Å². The number of amides is 2. The lowest BCUT2D eigenvalue weighted by atomic mass is 9.85. The summed E-state index contributed by atoms with van der Waals surface area (Å²) in [5.41, 5.74) is 3.17. The molecule has 2 aromatic heterocycles. The van der Waals surface area contributed by atoms with Gasteiger partial charge in [0.2, 0.25) is 5.95 Å². The van der Waals surface area contributed by atoms with Gasteiger partial charge in [-0.15, -0.1) is 10.2 Å². The molecule has 1 fully saturated rings. The lowest BCUT2D eigenvalue weighted by Crippen LogP contribution is -2.41. The van der Waals surface area contributed by atoms with Gasteiger partial charge in [0, 0.05) is 42.0 Å². The minimum atomic E-state index is -0.446. The number of hydrogen-bond acceptors (Lipinski definition) is 8. The largest absolute Gasteiger partial charge is 0.506 e. The van der Waals surface area contributed by atoms with Crippen molar-refractivity contribution in [3.05, 3.63) is 88.8 Å². The summed E-state index contributed by atoms with van der Waals surface area (Å²) in [6.07, 6.45) is 8.26. The summed E-state index contributed by atoms with van der Waals surface area (Å²) in [4.78, 5) is 15.7. The average Bonchev–Trinajstić information content (AvgIpc) is 3.47. The first-order chi connectivity index (χ1) is 22.5. The maximum absolute atomic E-state index is 13.4. The SMILES string of the molecule is CC(C)(C)C(=N)/C=C(/NC(=O)N[C@H]1CC[C@@H](Oc2ccc3nnc(N4CCCCC4)n3c2)c2ccccc21)Nc1ccc(Cl)c(O)c1. The normalized spacial score (nSPS) is 18.4. The summed E-state index contributed by atoms with van der Waals surface area (Å²) in [6, 6.07) is 15.9. The Bertz CT molecular complexity index is 1810. The number of aromatic nitrogens is 3. The Kier molecular flexibility index (Phi) is 9.26. The quantitative estimate of drug-likeness (QED) is 0.125. The highest BCUT2D eigenvalue weighted by Crippen LogP contribution is 2.39. The van der Waals surface area contributed by atoms with Crippen molar-refractivity contribution in [2.75, 3.05) is 23.3 Å². The van der Waals surface area contributed by atoms with Crippen molar-refractivity contribution in [1.29, 1.82) is 5.41 Å². The van der Waals surface area contributed by atoms with E-state index in [9.17, 15) is 9.90 Å². The van der Waals surface area contributed by atoms with Gasteiger partial charge in [-0.1, -0.05) is 56.6 Å². The number of nitrogens with zero attached hydrogens (tertiary/aromatic N) is 4. The lowest BCUT2D eigenvalue weighted by Gasteiger charge is -2.32. The number of nitrogens with one attached hydrogen (secondary N) is 4. The van der Waals surface area contributed by atoms with Crippen LogP contribution in [-0.4, -0.2) is 44.5 Å². The maximum atomic E-state index is 13.4.